The first-order valence-corrected chi connectivity index (χ1v) is 8.97. The van der Waals surface area contributed by atoms with E-state index in [9.17, 15) is 0 Å². The van der Waals surface area contributed by atoms with E-state index in [0.717, 1.165) is 45.4 Å². The number of hydrogen-bond acceptors (Lipinski definition) is 3. The Morgan fingerprint density at radius 2 is 1.79 bits per heavy atom. The van der Waals surface area contributed by atoms with Gasteiger partial charge >= 0.3 is 0 Å². The van der Waals surface area contributed by atoms with Crippen molar-refractivity contribution in [3.05, 3.63) is 54.6 Å². The van der Waals surface area contributed by atoms with Crippen molar-refractivity contribution < 1.29 is 9.47 Å². The van der Waals surface area contributed by atoms with Gasteiger partial charge < -0.3 is 14.0 Å². The van der Waals surface area contributed by atoms with Gasteiger partial charge in [-0.2, -0.15) is 0 Å². The highest BCUT2D eigenvalue weighted by Gasteiger charge is 2.43. The molecule has 130 valence electrons. The Morgan fingerprint density at radius 3 is 2.38 bits per heavy atom. The number of ether oxygens (including phenoxy) is 2. The van der Waals surface area contributed by atoms with Crippen LogP contribution >= 0.6 is 0 Å². The van der Waals surface area contributed by atoms with E-state index in [2.05, 4.69) is 47.7 Å². The summed E-state index contributed by atoms with van der Waals surface area (Å²) in [4.78, 5) is 4.12. The lowest BCUT2D eigenvalue weighted by Crippen LogP contribution is -2.51. The van der Waals surface area contributed by atoms with Gasteiger partial charge in [-0.05, 0) is 18.4 Å². The molecule has 0 radical (unpaired) electrons. The molecule has 0 saturated carbocycles. The summed E-state index contributed by atoms with van der Waals surface area (Å²) in [6.45, 7) is 6.85. The van der Waals surface area contributed by atoms with Crippen molar-refractivity contribution in [1.82, 2.24) is 9.55 Å². The van der Waals surface area contributed by atoms with Crippen molar-refractivity contribution in [3.63, 3.8) is 0 Å². The lowest BCUT2D eigenvalue weighted by molar-refractivity contribution is -0.308. The van der Waals surface area contributed by atoms with Gasteiger partial charge in [-0.1, -0.05) is 44.2 Å². The van der Waals surface area contributed by atoms with E-state index < -0.39 is 5.79 Å². The molecule has 0 bridgehead atoms. The summed E-state index contributed by atoms with van der Waals surface area (Å²) in [6, 6.07) is 10.5. The smallest absolute Gasteiger partial charge is 0.174 e. The van der Waals surface area contributed by atoms with Crippen LogP contribution in [0.5, 0.6) is 0 Å². The minimum atomic E-state index is -0.542. The third-order valence-electron chi connectivity index (χ3n) is 5.41. The first-order chi connectivity index (χ1) is 11.7. The topological polar surface area (TPSA) is 36.3 Å². The highest BCUT2D eigenvalue weighted by molar-refractivity contribution is 5.16. The number of aromatic nitrogens is 2. The first-order valence-electron chi connectivity index (χ1n) is 8.97. The second-order valence-electron chi connectivity index (χ2n) is 6.91. The predicted molar refractivity (Wildman–Crippen MR) is 94.6 cm³/mol. The van der Waals surface area contributed by atoms with Gasteiger partial charge in [-0.25, -0.2) is 4.98 Å². The van der Waals surface area contributed by atoms with Crippen LogP contribution in [0.1, 0.15) is 38.7 Å². The summed E-state index contributed by atoms with van der Waals surface area (Å²) in [6.07, 6.45) is 9.43. The maximum atomic E-state index is 6.41. The first kappa shape index (κ1) is 17.2. The van der Waals surface area contributed by atoms with Crippen LogP contribution in [-0.4, -0.2) is 28.6 Å². The quantitative estimate of drug-likeness (QED) is 0.769. The SMILES string of the molecule is CCC1(CC)COC(CCn2ccnc2)(Cc2ccccc2)OC1. The molecule has 0 N–H and O–H groups in total. The van der Waals surface area contributed by atoms with E-state index in [-0.39, 0.29) is 5.41 Å². The molecule has 0 unspecified atom stereocenters. The zero-order chi connectivity index (χ0) is 16.9. The van der Waals surface area contributed by atoms with Gasteiger partial charge in [0.05, 0.1) is 19.5 Å². The van der Waals surface area contributed by atoms with Crippen molar-refractivity contribution in [1.29, 1.82) is 0 Å². The molecule has 1 aromatic heterocycles. The second kappa shape index (κ2) is 7.49. The lowest BCUT2D eigenvalue weighted by Gasteiger charge is -2.46. The normalized spacial score (nSPS) is 19.2. The fourth-order valence-corrected chi connectivity index (χ4v) is 3.27. The summed E-state index contributed by atoms with van der Waals surface area (Å²) in [7, 11) is 0. The van der Waals surface area contributed by atoms with Gasteiger partial charge in [0, 0.05) is 37.2 Å². The molecule has 1 aromatic carbocycles. The van der Waals surface area contributed by atoms with E-state index in [1.54, 1.807) is 0 Å². The van der Waals surface area contributed by atoms with Crippen molar-refractivity contribution in [3.8, 4) is 0 Å². The maximum Gasteiger partial charge on any atom is 0.174 e. The fourth-order valence-electron chi connectivity index (χ4n) is 3.27. The number of nitrogens with zero attached hydrogens (tertiary/aromatic N) is 2. The molecule has 0 aliphatic carbocycles. The average molecular weight is 328 g/mol. The van der Waals surface area contributed by atoms with E-state index in [1.165, 1.54) is 5.56 Å². The molecule has 1 saturated heterocycles. The van der Waals surface area contributed by atoms with Crippen LogP contribution in [-0.2, 0) is 22.4 Å². The average Bonchev–Trinajstić information content (AvgIpc) is 3.16. The lowest BCUT2D eigenvalue weighted by atomic mass is 9.82. The van der Waals surface area contributed by atoms with Gasteiger partial charge in [-0.3, -0.25) is 0 Å². The molecule has 3 rings (SSSR count). The van der Waals surface area contributed by atoms with E-state index in [1.807, 2.05) is 24.8 Å². The molecule has 2 heterocycles. The largest absolute Gasteiger partial charge is 0.349 e. The zero-order valence-electron chi connectivity index (χ0n) is 14.8. The number of hydrogen-bond donors (Lipinski definition) is 0. The molecular formula is C20H28N2O2. The standard InChI is InChI=1S/C20H28N2O2/c1-3-19(4-2)15-23-20(24-16-19,10-12-22-13-11-21-17-22)14-18-8-6-5-7-9-18/h5-9,11,13,17H,3-4,10,12,14-16H2,1-2H3. The molecule has 24 heavy (non-hydrogen) atoms. The third kappa shape index (κ3) is 3.87. The van der Waals surface area contributed by atoms with Gasteiger partial charge in [0.15, 0.2) is 5.79 Å². The number of benzene rings is 1. The molecule has 4 nitrogen and oxygen atoms in total. The van der Waals surface area contributed by atoms with Crippen LogP contribution in [0.15, 0.2) is 49.1 Å². The van der Waals surface area contributed by atoms with Gasteiger partial charge in [0.1, 0.15) is 0 Å². The van der Waals surface area contributed by atoms with Crippen molar-refractivity contribution in [2.24, 2.45) is 5.41 Å². The van der Waals surface area contributed by atoms with Crippen molar-refractivity contribution >= 4 is 0 Å². The predicted octanol–water partition coefficient (Wildman–Crippen LogP) is 4.07. The Morgan fingerprint density at radius 1 is 1.08 bits per heavy atom. The minimum absolute atomic E-state index is 0.162. The Hall–Kier alpha value is -1.65. The van der Waals surface area contributed by atoms with Crippen LogP contribution in [0, 0.1) is 5.41 Å². The van der Waals surface area contributed by atoms with Crippen LogP contribution in [0.25, 0.3) is 0 Å². The Balaban J connectivity index is 1.74. The summed E-state index contributed by atoms with van der Waals surface area (Å²) in [5, 5.41) is 0. The molecule has 1 aliphatic heterocycles. The molecule has 1 aliphatic rings. The van der Waals surface area contributed by atoms with Crippen LogP contribution in [0.3, 0.4) is 0 Å². The highest BCUT2D eigenvalue weighted by Crippen LogP contribution is 2.38. The van der Waals surface area contributed by atoms with E-state index in [4.69, 9.17) is 9.47 Å². The summed E-state index contributed by atoms with van der Waals surface area (Å²) in [5.41, 5.74) is 1.42. The molecule has 4 heteroatoms. The molecule has 0 spiro atoms. The summed E-state index contributed by atoms with van der Waals surface area (Å²) >= 11 is 0. The molecular weight excluding hydrogens is 300 g/mol. The maximum absolute atomic E-state index is 6.41. The second-order valence-corrected chi connectivity index (χ2v) is 6.91. The third-order valence-corrected chi connectivity index (χ3v) is 5.41. The monoisotopic (exact) mass is 328 g/mol. The number of aryl methyl sites for hydroxylation is 1. The molecule has 2 aromatic rings. The molecule has 1 fully saturated rings. The van der Waals surface area contributed by atoms with Crippen LogP contribution < -0.4 is 0 Å². The zero-order valence-corrected chi connectivity index (χ0v) is 14.8. The van der Waals surface area contributed by atoms with Gasteiger partial charge in [0.25, 0.3) is 0 Å². The minimum Gasteiger partial charge on any atom is -0.349 e. The molecule has 0 atom stereocenters. The van der Waals surface area contributed by atoms with E-state index in [0.29, 0.717) is 0 Å². The molecule has 0 amide bonds. The Bertz CT molecular complexity index is 596. The Labute approximate surface area is 144 Å². The van der Waals surface area contributed by atoms with Crippen molar-refractivity contribution in [2.45, 2.75) is 51.9 Å². The Kier molecular flexibility index (Phi) is 5.36. The summed E-state index contributed by atoms with van der Waals surface area (Å²) in [5.74, 6) is -0.542. The summed E-state index contributed by atoms with van der Waals surface area (Å²) < 4.78 is 14.9. The highest BCUT2D eigenvalue weighted by atomic mass is 16.7. The van der Waals surface area contributed by atoms with Crippen LogP contribution in [0.4, 0.5) is 0 Å². The fraction of sp³-hybridized carbons (Fsp3) is 0.550. The van der Waals surface area contributed by atoms with E-state index >= 15 is 0 Å². The number of rotatable bonds is 7. The van der Waals surface area contributed by atoms with Crippen molar-refractivity contribution in [2.75, 3.05) is 13.2 Å². The van der Waals surface area contributed by atoms with Gasteiger partial charge in [-0.15, -0.1) is 0 Å². The van der Waals surface area contributed by atoms with Gasteiger partial charge in [0.2, 0.25) is 0 Å². The van der Waals surface area contributed by atoms with Crippen LogP contribution in [0.2, 0.25) is 0 Å². The number of imidazole rings is 1.